The average molecular weight is 264 g/mol. The van der Waals surface area contributed by atoms with Crippen LogP contribution in [0.3, 0.4) is 0 Å². The van der Waals surface area contributed by atoms with Gasteiger partial charge >= 0.3 is 0 Å². The lowest BCUT2D eigenvalue weighted by molar-refractivity contribution is -0.130. The number of amides is 1. The van der Waals surface area contributed by atoms with Crippen molar-refractivity contribution >= 4 is 15.7 Å². The molecule has 102 valence electrons. The lowest BCUT2D eigenvalue weighted by atomic mass is 10.3. The number of sulfone groups is 1. The molecule has 2 atom stereocenters. The highest BCUT2D eigenvalue weighted by molar-refractivity contribution is 7.92. The molecule has 0 heterocycles. The van der Waals surface area contributed by atoms with E-state index in [9.17, 15) is 13.2 Å². The first-order chi connectivity index (χ1) is 7.76. The summed E-state index contributed by atoms with van der Waals surface area (Å²) in [7, 11) is -3.39. The van der Waals surface area contributed by atoms with Crippen LogP contribution < -0.4 is 5.73 Å². The van der Waals surface area contributed by atoms with Crippen molar-refractivity contribution in [3.63, 3.8) is 0 Å². The van der Waals surface area contributed by atoms with Crippen molar-refractivity contribution in [1.29, 1.82) is 0 Å². The van der Waals surface area contributed by atoms with Gasteiger partial charge in [0, 0.05) is 19.1 Å². The molecule has 0 rings (SSSR count). The van der Waals surface area contributed by atoms with Gasteiger partial charge in [0.05, 0.1) is 5.75 Å². The van der Waals surface area contributed by atoms with Crippen LogP contribution in [-0.4, -0.2) is 49.4 Å². The van der Waals surface area contributed by atoms with Crippen LogP contribution >= 0.6 is 0 Å². The molecule has 0 saturated carbocycles. The third-order valence-electron chi connectivity index (χ3n) is 2.82. The van der Waals surface area contributed by atoms with Gasteiger partial charge in [0.25, 0.3) is 0 Å². The molecule has 0 spiro atoms. The van der Waals surface area contributed by atoms with Gasteiger partial charge in [-0.2, -0.15) is 0 Å². The van der Waals surface area contributed by atoms with Crippen molar-refractivity contribution < 1.29 is 13.2 Å². The van der Waals surface area contributed by atoms with Crippen LogP contribution in [0.2, 0.25) is 0 Å². The van der Waals surface area contributed by atoms with E-state index >= 15 is 0 Å². The summed E-state index contributed by atoms with van der Waals surface area (Å²) < 4.78 is 23.8. The first-order valence-corrected chi connectivity index (χ1v) is 7.73. The van der Waals surface area contributed by atoms with Gasteiger partial charge in [-0.15, -0.1) is 0 Å². The van der Waals surface area contributed by atoms with Crippen molar-refractivity contribution in [2.45, 2.75) is 45.4 Å². The highest BCUT2D eigenvalue weighted by Gasteiger charge is 2.30. The Hall–Kier alpha value is -0.620. The quantitative estimate of drug-likeness (QED) is 0.721. The van der Waals surface area contributed by atoms with Gasteiger partial charge in [-0.1, -0.05) is 0 Å². The minimum atomic E-state index is -3.39. The van der Waals surface area contributed by atoms with Crippen LogP contribution in [0.5, 0.6) is 0 Å². The summed E-state index contributed by atoms with van der Waals surface area (Å²) in [6.07, 6.45) is 0.387. The van der Waals surface area contributed by atoms with Crippen LogP contribution in [0.4, 0.5) is 0 Å². The van der Waals surface area contributed by atoms with Crippen molar-refractivity contribution in [2.75, 3.05) is 18.8 Å². The predicted molar refractivity (Wildman–Crippen MR) is 69.4 cm³/mol. The third kappa shape index (κ3) is 5.04. The largest absolute Gasteiger partial charge is 0.342 e. The Bertz CT molecular complexity index is 335. The van der Waals surface area contributed by atoms with E-state index in [0.29, 0.717) is 19.5 Å². The molecular formula is C11H24N2O3S. The summed E-state index contributed by atoms with van der Waals surface area (Å²) in [4.78, 5) is 13.4. The first-order valence-electron chi connectivity index (χ1n) is 6.02. The normalized spacial score (nSPS) is 15.4. The number of carbonyl (C=O) groups excluding carboxylic acids is 1. The lowest BCUT2D eigenvalue weighted by Crippen LogP contribution is -2.42. The first kappa shape index (κ1) is 16.4. The molecule has 0 fully saturated rings. The molecule has 2 unspecified atom stereocenters. The summed E-state index contributed by atoms with van der Waals surface area (Å²) in [5, 5.41) is -0.971. The molecule has 1 amide bonds. The topological polar surface area (TPSA) is 80.5 Å². The van der Waals surface area contributed by atoms with Crippen LogP contribution in [0.1, 0.15) is 34.1 Å². The van der Waals surface area contributed by atoms with Crippen LogP contribution in [-0.2, 0) is 14.6 Å². The summed E-state index contributed by atoms with van der Waals surface area (Å²) in [5.74, 6) is -0.349. The van der Waals surface area contributed by atoms with E-state index in [-0.39, 0.29) is 17.7 Å². The Morgan fingerprint density at radius 3 is 2.06 bits per heavy atom. The van der Waals surface area contributed by atoms with Gasteiger partial charge in [-0.05, 0) is 34.1 Å². The van der Waals surface area contributed by atoms with Gasteiger partial charge in [-0.3, -0.25) is 4.79 Å². The van der Waals surface area contributed by atoms with E-state index < -0.39 is 15.1 Å². The molecule has 0 aliphatic heterocycles. The molecule has 0 aliphatic carbocycles. The molecule has 0 saturated heterocycles. The smallest absolute Gasteiger partial charge is 0.240 e. The van der Waals surface area contributed by atoms with Crippen molar-refractivity contribution in [1.82, 2.24) is 4.90 Å². The van der Waals surface area contributed by atoms with Crippen molar-refractivity contribution in [3.8, 4) is 0 Å². The van der Waals surface area contributed by atoms with E-state index in [1.165, 1.54) is 11.8 Å². The molecular weight excluding hydrogens is 240 g/mol. The summed E-state index contributed by atoms with van der Waals surface area (Å²) >= 11 is 0. The lowest BCUT2D eigenvalue weighted by Gasteiger charge is -2.23. The standard InChI is InChI=1S/C11H24N2O3S/c1-5-13(6-2)11(14)10(4)17(15,16)8-7-9(3)12/h9-10H,5-8,12H2,1-4H3. The molecule has 6 heteroatoms. The van der Waals surface area contributed by atoms with E-state index in [4.69, 9.17) is 5.73 Å². The molecule has 0 aromatic heterocycles. The molecule has 5 nitrogen and oxygen atoms in total. The minimum absolute atomic E-state index is 0.0289. The Morgan fingerprint density at radius 2 is 1.71 bits per heavy atom. The minimum Gasteiger partial charge on any atom is -0.342 e. The van der Waals surface area contributed by atoms with E-state index in [2.05, 4.69) is 0 Å². The summed E-state index contributed by atoms with van der Waals surface area (Å²) in [5.41, 5.74) is 5.53. The number of nitrogens with zero attached hydrogens (tertiary/aromatic N) is 1. The second-order valence-electron chi connectivity index (χ2n) is 4.29. The Labute approximate surface area is 104 Å². The molecule has 2 N–H and O–H groups in total. The van der Waals surface area contributed by atoms with E-state index in [1.54, 1.807) is 6.92 Å². The highest BCUT2D eigenvalue weighted by Crippen LogP contribution is 2.09. The van der Waals surface area contributed by atoms with Gasteiger partial charge in [-0.25, -0.2) is 8.42 Å². The maximum atomic E-state index is 11.9. The SMILES string of the molecule is CCN(CC)C(=O)C(C)S(=O)(=O)CCC(C)N. The highest BCUT2D eigenvalue weighted by atomic mass is 32.2. The second-order valence-corrected chi connectivity index (χ2v) is 6.73. The zero-order valence-electron chi connectivity index (χ0n) is 11.1. The molecule has 0 aromatic carbocycles. The molecule has 0 radical (unpaired) electrons. The molecule has 0 aliphatic rings. The fraction of sp³-hybridized carbons (Fsp3) is 0.909. The Kier molecular flexibility index (Phi) is 6.70. The van der Waals surface area contributed by atoms with Crippen LogP contribution in [0.25, 0.3) is 0 Å². The zero-order chi connectivity index (χ0) is 13.6. The number of hydrogen-bond donors (Lipinski definition) is 1. The van der Waals surface area contributed by atoms with Crippen molar-refractivity contribution in [2.24, 2.45) is 5.73 Å². The van der Waals surface area contributed by atoms with Gasteiger partial charge in [0.2, 0.25) is 5.91 Å². The molecule has 0 bridgehead atoms. The zero-order valence-corrected chi connectivity index (χ0v) is 12.0. The summed E-state index contributed by atoms with van der Waals surface area (Å²) in [6, 6.07) is -0.166. The average Bonchev–Trinajstić information content (AvgIpc) is 2.27. The summed E-state index contributed by atoms with van der Waals surface area (Å²) in [6.45, 7) is 7.94. The van der Waals surface area contributed by atoms with Crippen LogP contribution in [0, 0.1) is 0 Å². The molecule has 0 aromatic rings. The third-order valence-corrected chi connectivity index (χ3v) is 4.90. The van der Waals surface area contributed by atoms with Gasteiger partial charge < -0.3 is 10.6 Å². The van der Waals surface area contributed by atoms with Crippen molar-refractivity contribution in [3.05, 3.63) is 0 Å². The molecule has 17 heavy (non-hydrogen) atoms. The maximum absolute atomic E-state index is 11.9. The van der Waals surface area contributed by atoms with E-state index in [1.807, 2.05) is 13.8 Å². The number of rotatable bonds is 7. The van der Waals surface area contributed by atoms with Gasteiger partial charge in [0.1, 0.15) is 5.25 Å². The second kappa shape index (κ2) is 6.96. The van der Waals surface area contributed by atoms with Gasteiger partial charge in [0.15, 0.2) is 9.84 Å². The number of nitrogens with two attached hydrogens (primary N) is 1. The number of carbonyl (C=O) groups is 1. The number of hydrogen-bond acceptors (Lipinski definition) is 4. The van der Waals surface area contributed by atoms with E-state index in [0.717, 1.165) is 0 Å². The maximum Gasteiger partial charge on any atom is 0.240 e. The monoisotopic (exact) mass is 264 g/mol. The Balaban J connectivity index is 4.67. The fourth-order valence-corrected chi connectivity index (χ4v) is 2.98. The van der Waals surface area contributed by atoms with Crippen LogP contribution in [0.15, 0.2) is 0 Å². The fourth-order valence-electron chi connectivity index (χ4n) is 1.47. The Morgan fingerprint density at radius 1 is 1.24 bits per heavy atom. The predicted octanol–water partition coefficient (Wildman–Crippen LogP) is 0.395.